The minimum Gasteiger partial charge on any atom is -0.396 e. The van der Waals surface area contributed by atoms with Crippen LogP contribution in [0.4, 0.5) is 0 Å². The molecule has 0 bridgehead atoms. The molecule has 0 aromatic carbocycles. The number of guanidine groups is 1. The van der Waals surface area contributed by atoms with Gasteiger partial charge in [-0.2, -0.15) is 0 Å². The molecule has 0 aromatic rings. The minimum atomic E-state index is -1.92. The predicted octanol–water partition coefficient (Wildman–Crippen LogP) is -8.07. The molecule has 2 saturated heterocycles. The maximum atomic E-state index is 13.2. The standard InChI is InChI=1S/C26H50N8O11/c27-9-4-11(33-24(41)26(42)6-15(26)34-25(30)31)22(45-23-20(40)17(29)18(38)14(8-36)44-23)19(39)16(9)21-10(28)5-12(37)13(43-21)7-32-2-1-3-35/h9-23,32,35-40,42H,1-8,27-29H2,(H,33,41)(H4,30,31,34). The zero-order valence-electron chi connectivity index (χ0n) is 24.9. The third-order valence-electron chi connectivity index (χ3n) is 9.22. The Morgan fingerprint density at radius 2 is 1.69 bits per heavy atom. The molecule has 2 saturated carbocycles. The van der Waals surface area contributed by atoms with Crippen LogP contribution in [0.15, 0.2) is 4.99 Å². The Morgan fingerprint density at radius 1 is 0.978 bits per heavy atom. The molecule has 45 heavy (non-hydrogen) atoms. The molecule has 1 amide bonds. The molecular weight excluding hydrogens is 600 g/mol. The van der Waals surface area contributed by atoms with Crippen LogP contribution >= 0.6 is 0 Å². The van der Waals surface area contributed by atoms with E-state index in [1.165, 1.54) is 0 Å². The molecule has 2 aliphatic carbocycles. The highest BCUT2D eigenvalue weighted by molar-refractivity contribution is 5.90. The molecule has 4 rings (SSSR count). The van der Waals surface area contributed by atoms with Crippen LogP contribution in [-0.4, -0.2) is 165 Å². The van der Waals surface area contributed by atoms with Crippen LogP contribution in [0.5, 0.6) is 0 Å². The second kappa shape index (κ2) is 14.9. The Labute approximate surface area is 260 Å². The normalized spacial score (nSPS) is 46.8. The summed E-state index contributed by atoms with van der Waals surface area (Å²) in [4.78, 5) is 17.0. The van der Waals surface area contributed by atoms with Crippen LogP contribution in [-0.2, 0) is 19.0 Å². The fourth-order valence-electron chi connectivity index (χ4n) is 6.50. The molecule has 0 radical (unpaired) electrons. The number of nitrogens with zero attached hydrogens (tertiary/aromatic N) is 1. The van der Waals surface area contributed by atoms with Gasteiger partial charge in [0.2, 0.25) is 0 Å². The molecule has 4 fully saturated rings. The molecule has 0 spiro atoms. The number of rotatable bonds is 12. The van der Waals surface area contributed by atoms with Gasteiger partial charge in [0, 0.05) is 37.6 Å². The lowest BCUT2D eigenvalue weighted by atomic mass is 9.72. The van der Waals surface area contributed by atoms with Crippen LogP contribution in [0.3, 0.4) is 0 Å². The first-order valence-corrected chi connectivity index (χ1v) is 15.2. The van der Waals surface area contributed by atoms with Crippen molar-refractivity contribution in [1.29, 1.82) is 0 Å². The lowest BCUT2D eigenvalue weighted by Crippen LogP contribution is -2.70. The predicted molar refractivity (Wildman–Crippen MR) is 156 cm³/mol. The molecule has 260 valence electrons. The van der Waals surface area contributed by atoms with Gasteiger partial charge in [0.1, 0.15) is 24.4 Å². The third kappa shape index (κ3) is 7.84. The van der Waals surface area contributed by atoms with Crippen LogP contribution in [0.2, 0.25) is 0 Å². The molecule has 2 aliphatic heterocycles. The summed E-state index contributed by atoms with van der Waals surface area (Å²) in [6.45, 7) is 0.0592. The topological polar surface area (TPSA) is 353 Å². The first kappa shape index (κ1) is 36.0. The first-order chi connectivity index (χ1) is 21.2. The maximum absolute atomic E-state index is 13.2. The molecule has 19 heteroatoms. The molecule has 0 aromatic heterocycles. The molecular formula is C26H50N8O11. The Kier molecular flexibility index (Phi) is 12.0. The second-order valence-corrected chi connectivity index (χ2v) is 12.5. The van der Waals surface area contributed by atoms with Gasteiger partial charge < -0.3 is 89.3 Å². The number of aliphatic hydroxyl groups excluding tert-OH is 6. The Bertz CT molecular complexity index is 1030. The summed E-state index contributed by atoms with van der Waals surface area (Å²) in [6.07, 6.45) is -10.6. The zero-order valence-corrected chi connectivity index (χ0v) is 24.9. The van der Waals surface area contributed by atoms with E-state index in [1.807, 2.05) is 0 Å². The van der Waals surface area contributed by atoms with Crippen molar-refractivity contribution in [3.63, 3.8) is 0 Å². The number of carbonyl (C=O) groups is 1. The minimum absolute atomic E-state index is 0.00848. The maximum Gasteiger partial charge on any atom is 0.254 e. The number of nitrogens with two attached hydrogens (primary N) is 5. The van der Waals surface area contributed by atoms with Gasteiger partial charge in [-0.05, 0) is 25.8 Å². The van der Waals surface area contributed by atoms with Crippen LogP contribution in [0, 0.1) is 5.92 Å². The van der Waals surface area contributed by atoms with E-state index in [4.69, 9.17) is 48.0 Å². The van der Waals surface area contributed by atoms with E-state index < -0.39 is 109 Å². The van der Waals surface area contributed by atoms with E-state index in [9.17, 15) is 35.4 Å². The van der Waals surface area contributed by atoms with E-state index in [0.717, 1.165) is 0 Å². The average Bonchev–Trinajstić information content (AvgIpc) is 3.63. The van der Waals surface area contributed by atoms with Gasteiger partial charge in [0.15, 0.2) is 17.9 Å². The third-order valence-corrected chi connectivity index (χ3v) is 9.22. The lowest BCUT2D eigenvalue weighted by Gasteiger charge is -2.51. The van der Waals surface area contributed by atoms with Gasteiger partial charge >= 0.3 is 0 Å². The number of carbonyl (C=O) groups excluding carboxylic acids is 1. The number of nitrogens with one attached hydrogen (secondary N) is 2. The summed E-state index contributed by atoms with van der Waals surface area (Å²) < 4.78 is 17.8. The van der Waals surface area contributed by atoms with Crippen LogP contribution in [0.25, 0.3) is 0 Å². The van der Waals surface area contributed by atoms with Crippen molar-refractivity contribution >= 4 is 11.9 Å². The summed E-state index contributed by atoms with van der Waals surface area (Å²) in [5.74, 6) is -2.06. The van der Waals surface area contributed by atoms with Crippen LogP contribution in [0.1, 0.15) is 25.7 Å². The number of amides is 1. The van der Waals surface area contributed by atoms with Crippen molar-refractivity contribution in [1.82, 2.24) is 10.6 Å². The summed E-state index contributed by atoms with van der Waals surface area (Å²) >= 11 is 0. The Balaban J connectivity index is 1.57. The Hall–Kier alpha value is -1.82. The highest BCUT2D eigenvalue weighted by Gasteiger charge is 2.61. The van der Waals surface area contributed by atoms with Crippen molar-refractivity contribution in [2.24, 2.45) is 39.6 Å². The summed E-state index contributed by atoms with van der Waals surface area (Å²) in [6, 6.07) is -4.81. The van der Waals surface area contributed by atoms with E-state index in [2.05, 4.69) is 15.6 Å². The van der Waals surface area contributed by atoms with Crippen LogP contribution < -0.4 is 39.3 Å². The zero-order chi connectivity index (χ0) is 33.2. The molecule has 4 aliphatic rings. The van der Waals surface area contributed by atoms with Gasteiger partial charge in [-0.25, -0.2) is 4.99 Å². The number of aliphatic imine (C=N–C) groups is 1. The lowest BCUT2D eigenvalue weighted by molar-refractivity contribution is -0.306. The number of ether oxygens (including phenoxy) is 3. The number of aliphatic hydroxyl groups is 7. The van der Waals surface area contributed by atoms with Crippen molar-refractivity contribution in [3.05, 3.63) is 0 Å². The Morgan fingerprint density at radius 3 is 2.33 bits per heavy atom. The monoisotopic (exact) mass is 650 g/mol. The van der Waals surface area contributed by atoms with Gasteiger partial charge in [0.05, 0.1) is 49.1 Å². The summed E-state index contributed by atoms with van der Waals surface area (Å²) in [7, 11) is 0. The van der Waals surface area contributed by atoms with Gasteiger partial charge in [0.25, 0.3) is 5.91 Å². The molecule has 2 heterocycles. The van der Waals surface area contributed by atoms with Gasteiger partial charge in [-0.1, -0.05) is 0 Å². The molecule has 16 atom stereocenters. The largest absolute Gasteiger partial charge is 0.396 e. The van der Waals surface area contributed by atoms with E-state index in [0.29, 0.717) is 13.0 Å². The molecule has 19 N–H and O–H groups in total. The van der Waals surface area contributed by atoms with Gasteiger partial charge in [-0.3, -0.25) is 4.79 Å². The quantitative estimate of drug-likeness (QED) is 0.0529. The smallest absolute Gasteiger partial charge is 0.254 e. The van der Waals surface area contributed by atoms with Crippen molar-refractivity contribution < 1.29 is 54.8 Å². The fourth-order valence-corrected chi connectivity index (χ4v) is 6.50. The van der Waals surface area contributed by atoms with Crippen molar-refractivity contribution in [2.75, 3.05) is 26.3 Å². The van der Waals surface area contributed by atoms with Crippen molar-refractivity contribution in [2.45, 2.75) is 117 Å². The fraction of sp³-hybridized carbons (Fsp3) is 0.923. The summed E-state index contributed by atoms with van der Waals surface area (Å²) in [5, 5.41) is 78.8. The first-order valence-electron chi connectivity index (χ1n) is 15.2. The molecule has 16 unspecified atom stereocenters. The molecule has 19 nitrogen and oxygen atoms in total. The van der Waals surface area contributed by atoms with Gasteiger partial charge in [-0.15, -0.1) is 0 Å². The highest BCUT2D eigenvalue weighted by Crippen LogP contribution is 2.41. The highest BCUT2D eigenvalue weighted by atomic mass is 16.7. The van der Waals surface area contributed by atoms with E-state index >= 15 is 0 Å². The van der Waals surface area contributed by atoms with Crippen molar-refractivity contribution in [3.8, 4) is 0 Å². The number of hydrogen-bond acceptors (Lipinski definition) is 16. The average molecular weight is 651 g/mol. The second-order valence-electron chi connectivity index (χ2n) is 12.5. The van der Waals surface area contributed by atoms with E-state index in [-0.39, 0.29) is 38.4 Å². The SMILES string of the molecule is NC(N)=NC1CC1(O)C(=O)NC1CC(N)C(C2OC(CNCCCO)C(O)CC2N)C(O)C1OC1OC(CO)C(O)C(N)C1O. The summed E-state index contributed by atoms with van der Waals surface area (Å²) in [5.41, 5.74) is 27.8. The van der Waals surface area contributed by atoms with E-state index in [1.54, 1.807) is 0 Å². The number of hydrogen-bond donors (Lipinski definition) is 14.